The second kappa shape index (κ2) is 8.89. The van der Waals surface area contributed by atoms with Crippen molar-refractivity contribution in [2.24, 2.45) is 0 Å². The summed E-state index contributed by atoms with van der Waals surface area (Å²) in [6, 6.07) is 12.5. The zero-order valence-electron chi connectivity index (χ0n) is 15.9. The predicted octanol–water partition coefficient (Wildman–Crippen LogP) is 4.81. The topological polar surface area (TPSA) is 51.6 Å². The molecule has 1 aromatic heterocycles. The van der Waals surface area contributed by atoms with Crippen LogP contribution in [0.1, 0.15) is 12.5 Å². The summed E-state index contributed by atoms with van der Waals surface area (Å²) in [4.78, 5) is 2.22. The molecule has 2 heterocycles. The average molecular weight is 433 g/mol. The van der Waals surface area contributed by atoms with Crippen LogP contribution in [0.3, 0.4) is 0 Å². The molecule has 0 saturated carbocycles. The third-order valence-corrected chi connectivity index (χ3v) is 5.74. The number of nitrogens with zero attached hydrogens (tertiary/aromatic N) is 3. The van der Waals surface area contributed by atoms with Gasteiger partial charge in [0.05, 0.1) is 12.4 Å². The van der Waals surface area contributed by atoms with Gasteiger partial charge >= 0.3 is 0 Å². The van der Waals surface area contributed by atoms with Crippen LogP contribution in [0.15, 0.2) is 42.5 Å². The summed E-state index contributed by atoms with van der Waals surface area (Å²) in [6.07, 6.45) is 0. The Bertz CT molecular complexity index is 1050. The van der Waals surface area contributed by atoms with Crippen molar-refractivity contribution in [3.8, 4) is 11.5 Å². The Labute approximate surface area is 177 Å². The van der Waals surface area contributed by atoms with Crippen LogP contribution in [0.2, 0.25) is 0 Å². The van der Waals surface area contributed by atoms with Crippen molar-refractivity contribution >= 4 is 34.4 Å². The zero-order valence-corrected chi connectivity index (χ0v) is 17.6. The van der Waals surface area contributed by atoms with Gasteiger partial charge in [0.15, 0.2) is 15.5 Å². The molecule has 0 radical (unpaired) electrons. The van der Waals surface area contributed by atoms with Gasteiger partial charge in [0.25, 0.3) is 0 Å². The van der Waals surface area contributed by atoms with Crippen LogP contribution in [0.5, 0.6) is 11.5 Å². The first kappa shape index (κ1) is 19.8. The Morgan fingerprint density at radius 2 is 2.00 bits per heavy atom. The van der Waals surface area contributed by atoms with E-state index in [-0.39, 0.29) is 5.82 Å². The number of hydrogen-bond donors (Lipinski definition) is 1. The summed E-state index contributed by atoms with van der Waals surface area (Å²) in [6.45, 7) is 5.33. The number of hydrogen-bond acceptors (Lipinski definition) is 7. The number of rotatable bonds is 7. The Morgan fingerprint density at radius 1 is 1.21 bits per heavy atom. The summed E-state index contributed by atoms with van der Waals surface area (Å²) < 4.78 is 27.5. The molecule has 1 N–H and O–H groups in total. The number of benzene rings is 2. The zero-order chi connectivity index (χ0) is 20.2. The predicted molar refractivity (Wildman–Crippen MR) is 114 cm³/mol. The summed E-state index contributed by atoms with van der Waals surface area (Å²) in [5.74, 6) is 1.24. The van der Waals surface area contributed by atoms with E-state index in [9.17, 15) is 4.39 Å². The molecule has 2 aromatic carbocycles. The molecule has 4 rings (SSSR count). The van der Waals surface area contributed by atoms with Gasteiger partial charge in [0.1, 0.15) is 19.0 Å². The molecule has 0 unspecified atom stereocenters. The molecule has 6 nitrogen and oxygen atoms in total. The number of nitrogens with one attached hydrogen (secondary N) is 1. The Balaban J connectivity index is 1.45. The van der Waals surface area contributed by atoms with Crippen molar-refractivity contribution in [2.75, 3.05) is 25.1 Å². The Kier molecular flexibility index (Phi) is 6.08. The molecule has 0 spiro atoms. The molecule has 9 heteroatoms. The van der Waals surface area contributed by atoms with Crippen LogP contribution in [0.4, 0.5) is 15.2 Å². The lowest BCUT2D eigenvalue weighted by molar-refractivity contribution is 0.170. The minimum Gasteiger partial charge on any atom is -0.486 e. The molecule has 0 atom stereocenters. The second-order valence-corrected chi connectivity index (χ2v) is 8.16. The molecule has 0 amide bonds. The number of aromatic nitrogens is 2. The van der Waals surface area contributed by atoms with Gasteiger partial charge in [-0.05, 0) is 48.6 Å². The fourth-order valence-corrected chi connectivity index (χ4v) is 4.02. The third kappa shape index (κ3) is 4.75. The highest BCUT2D eigenvalue weighted by molar-refractivity contribution is 7.73. The highest BCUT2D eigenvalue weighted by atomic mass is 32.1. The number of halogens is 1. The Hall–Kier alpha value is -2.49. The molecule has 0 aliphatic carbocycles. The largest absolute Gasteiger partial charge is 0.486 e. The molecule has 1 aliphatic rings. The minimum absolute atomic E-state index is 0.325. The summed E-state index contributed by atoms with van der Waals surface area (Å²) in [5, 5.41) is 8.08. The lowest BCUT2D eigenvalue weighted by Gasteiger charge is -2.22. The van der Waals surface area contributed by atoms with Gasteiger partial charge < -0.3 is 14.8 Å². The molecule has 152 valence electrons. The van der Waals surface area contributed by atoms with Crippen LogP contribution in [-0.4, -0.2) is 34.4 Å². The highest BCUT2D eigenvalue weighted by Crippen LogP contribution is 2.31. The van der Waals surface area contributed by atoms with Crippen LogP contribution < -0.4 is 14.8 Å². The van der Waals surface area contributed by atoms with Crippen LogP contribution in [-0.2, 0) is 13.2 Å². The van der Waals surface area contributed by atoms with Crippen LogP contribution >= 0.6 is 23.6 Å². The number of fused-ring (bicyclic) bond motifs is 1. The van der Waals surface area contributed by atoms with Crippen LogP contribution in [0, 0.1) is 9.77 Å². The van der Waals surface area contributed by atoms with Gasteiger partial charge in [-0.15, -0.1) is 5.10 Å². The van der Waals surface area contributed by atoms with E-state index in [0.717, 1.165) is 30.2 Å². The average Bonchev–Trinajstić information content (AvgIpc) is 3.08. The van der Waals surface area contributed by atoms with E-state index < -0.39 is 0 Å². The lowest BCUT2D eigenvalue weighted by atomic mass is 10.2. The SMILES string of the molecule is CCN(Cc1ccc2c(c1)OCCO2)Cn1nc(Nc2ccccc2F)sc1=S. The number of ether oxygens (including phenoxy) is 2. The maximum atomic E-state index is 13.9. The van der Waals surface area contributed by atoms with Crippen molar-refractivity contribution in [3.63, 3.8) is 0 Å². The maximum absolute atomic E-state index is 13.9. The molecule has 0 bridgehead atoms. The fraction of sp³-hybridized carbons (Fsp3) is 0.300. The summed E-state index contributed by atoms with van der Waals surface area (Å²) in [5.41, 5.74) is 1.51. The van der Waals surface area contributed by atoms with E-state index >= 15 is 0 Å². The van der Waals surface area contributed by atoms with Gasteiger partial charge in [-0.3, -0.25) is 4.90 Å². The molecular formula is C20H21FN4O2S2. The van der Waals surface area contributed by atoms with Gasteiger partial charge in [0.2, 0.25) is 5.13 Å². The first-order valence-electron chi connectivity index (χ1n) is 9.33. The Morgan fingerprint density at radius 3 is 2.79 bits per heavy atom. The van der Waals surface area contributed by atoms with Gasteiger partial charge in [-0.25, -0.2) is 9.07 Å². The second-order valence-electron chi connectivity index (χ2n) is 6.54. The van der Waals surface area contributed by atoms with Gasteiger partial charge in [-0.2, -0.15) is 0 Å². The third-order valence-electron chi connectivity index (χ3n) is 4.52. The molecule has 0 fully saturated rings. The number of anilines is 2. The maximum Gasteiger partial charge on any atom is 0.209 e. The highest BCUT2D eigenvalue weighted by Gasteiger charge is 2.14. The molecular weight excluding hydrogens is 411 g/mol. The van der Waals surface area contributed by atoms with Crippen molar-refractivity contribution in [3.05, 3.63) is 57.8 Å². The monoisotopic (exact) mass is 432 g/mol. The van der Waals surface area contributed by atoms with Crippen molar-refractivity contribution in [1.82, 2.24) is 14.7 Å². The first-order chi connectivity index (χ1) is 14.1. The van der Waals surface area contributed by atoms with Crippen molar-refractivity contribution < 1.29 is 13.9 Å². The quantitative estimate of drug-likeness (QED) is 0.541. The van der Waals surface area contributed by atoms with E-state index in [1.165, 1.54) is 17.4 Å². The minimum atomic E-state index is -0.325. The van der Waals surface area contributed by atoms with E-state index in [4.69, 9.17) is 21.7 Å². The number of para-hydroxylation sites is 1. The van der Waals surface area contributed by atoms with Crippen molar-refractivity contribution in [1.29, 1.82) is 0 Å². The summed E-state index contributed by atoms with van der Waals surface area (Å²) >= 11 is 6.78. The molecule has 3 aromatic rings. The molecule has 29 heavy (non-hydrogen) atoms. The summed E-state index contributed by atoms with van der Waals surface area (Å²) in [7, 11) is 0. The normalized spacial score (nSPS) is 12.9. The van der Waals surface area contributed by atoms with Crippen LogP contribution in [0.25, 0.3) is 0 Å². The van der Waals surface area contributed by atoms with E-state index in [1.807, 2.05) is 18.2 Å². The fourth-order valence-electron chi connectivity index (χ4n) is 3.02. The first-order valence-corrected chi connectivity index (χ1v) is 10.5. The standard InChI is InChI=1S/C20H21FN4O2S2/c1-2-24(12-14-7-8-17-18(11-14)27-10-9-26-17)13-25-20(28)29-19(23-25)22-16-6-4-3-5-15(16)21/h3-8,11H,2,9-10,12-13H2,1H3,(H,22,23). The van der Waals surface area contributed by atoms with Gasteiger partial charge in [0, 0.05) is 6.54 Å². The molecule has 0 saturated heterocycles. The van der Waals surface area contributed by atoms with E-state index in [1.54, 1.807) is 22.9 Å². The van der Waals surface area contributed by atoms with Crippen molar-refractivity contribution in [2.45, 2.75) is 20.1 Å². The smallest absolute Gasteiger partial charge is 0.209 e. The van der Waals surface area contributed by atoms with E-state index in [2.05, 4.69) is 22.2 Å². The lowest BCUT2D eigenvalue weighted by Crippen LogP contribution is -2.26. The van der Waals surface area contributed by atoms with Gasteiger partial charge in [-0.1, -0.05) is 36.5 Å². The molecule has 1 aliphatic heterocycles. The van der Waals surface area contributed by atoms with E-state index in [0.29, 0.717) is 34.7 Å².